The predicted octanol–water partition coefficient (Wildman–Crippen LogP) is -0.239. The van der Waals surface area contributed by atoms with Crippen molar-refractivity contribution in [2.75, 3.05) is 24.5 Å². The molecule has 2 rings (SSSR count). The van der Waals surface area contributed by atoms with Gasteiger partial charge in [-0.2, -0.15) is 0 Å². The number of aliphatic carboxylic acids is 1. The van der Waals surface area contributed by atoms with Crippen molar-refractivity contribution >= 4 is 24.3 Å². The number of hydrogen-bond donors (Lipinski definition) is 2. The Morgan fingerprint density at radius 2 is 2.19 bits per heavy atom. The van der Waals surface area contributed by atoms with Gasteiger partial charge in [-0.15, -0.1) is 12.4 Å². The van der Waals surface area contributed by atoms with Crippen molar-refractivity contribution in [3.8, 4) is 0 Å². The molecular weight excluding hydrogens is 232 g/mol. The molecule has 88 valence electrons. The van der Waals surface area contributed by atoms with Crippen molar-refractivity contribution in [2.24, 2.45) is 0 Å². The summed E-state index contributed by atoms with van der Waals surface area (Å²) in [5, 5.41) is 12.1. The number of carboxylic acid groups (broad SMARTS) is 1. The van der Waals surface area contributed by atoms with Crippen LogP contribution in [0.15, 0.2) is 18.5 Å². The van der Waals surface area contributed by atoms with Crippen LogP contribution < -0.4 is 10.2 Å². The van der Waals surface area contributed by atoms with E-state index < -0.39 is 12.0 Å². The maximum absolute atomic E-state index is 11.0. The van der Waals surface area contributed by atoms with E-state index in [1.807, 2.05) is 0 Å². The van der Waals surface area contributed by atoms with E-state index >= 15 is 0 Å². The first kappa shape index (κ1) is 12.7. The molecule has 0 aliphatic carbocycles. The van der Waals surface area contributed by atoms with Crippen molar-refractivity contribution < 1.29 is 9.90 Å². The maximum atomic E-state index is 11.0. The van der Waals surface area contributed by atoms with Crippen LogP contribution in [0, 0.1) is 0 Å². The molecule has 0 aromatic carbocycles. The van der Waals surface area contributed by atoms with Crippen molar-refractivity contribution in [2.45, 2.75) is 6.04 Å². The van der Waals surface area contributed by atoms with E-state index in [4.69, 9.17) is 5.11 Å². The molecule has 1 aliphatic heterocycles. The van der Waals surface area contributed by atoms with Crippen LogP contribution in [0.2, 0.25) is 0 Å². The molecule has 1 fully saturated rings. The predicted molar refractivity (Wildman–Crippen MR) is 60.9 cm³/mol. The van der Waals surface area contributed by atoms with Crippen LogP contribution in [0.25, 0.3) is 0 Å². The molecule has 6 nitrogen and oxygen atoms in total. The Kier molecular flexibility index (Phi) is 4.45. The number of aromatic nitrogens is 2. The van der Waals surface area contributed by atoms with E-state index in [1.54, 1.807) is 23.4 Å². The third kappa shape index (κ3) is 2.59. The third-order valence-electron chi connectivity index (χ3n) is 2.34. The number of nitrogens with one attached hydrogen (secondary N) is 1. The second kappa shape index (κ2) is 5.62. The molecule has 0 saturated carbocycles. The van der Waals surface area contributed by atoms with Gasteiger partial charge in [0.2, 0.25) is 5.95 Å². The van der Waals surface area contributed by atoms with Crippen LogP contribution in [0.4, 0.5) is 5.95 Å². The summed E-state index contributed by atoms with van der Waals surface area (Å²) in [7, 11) is 0. The number of rotatable bonds is 2. The number of carbonyl (C=O) groups is 1. The molecule has 2 N–H and O–H groups in total. The van der Waals surface area contributed by atoms with Crippen LogP contribution in [-0.2, 0) is 4.79 Å². The van der Waals surface area contributed by atoms with Gasteiger partial charge in [0.15, 0.2) is 0 Å². The molecule has 0 radical (unpaired) electrons. The fourth-order valence-electron chi connectivity index (χ4n) is 1.60. The van der Waals surface area contributed by atoms with Gasteiger partial charge in [-0.25, -0.2) is 14.8 Å². The van der Waals surface area contributed by atoms with Crippen LogP contribution in [-0.4, -0.2) is 46.7 Å². The minimum absolute atomic E-state index is 0. The molecule has 1 aromatic heterocycles. The molecule has 1 unspecified atom stereocenters. The van der Waals surface area contributed by atoms with Gasteiger partial charge in [-0.05, 0) is 6.07 Å². The van der Waals surface area contributed by atoms with Crippen LogP contribution in [0.1, 0.15) is 0 Å². The zero-order chi connectivity index (χ0) is 10.7. The normalized spacial score (nSPS) is 20.0. The Balaban J connectivity index is 0.00000128. The van der Waals surface area contributed by atoms with Crippen molar-refractivity contribution in [3.05, 3.63) is 18.5 Å². The van der Waals surface area contributed by atoms with Gasteiger partial charge >= 0.3 is 5.97 Å². The second-order valence-electron chi connectivity index (χ2n) is 3.30. The van der Waals surface area contributed by atoms with Crippen molar-refractivity contribution in [1.29, 1.82) is 0 Å². The Hall–Kier alpha value is -1.40. The van der Waals surface area contributed by atoms with Crippen LogP contribution in [0.5, 0.6) is 0 Å². The van der Waals surface area contributed by atoms with Gasteiger partial charge in [-0.3, -0.25) is 0 Å². The number of piperazine rings is 1. The van der Waals surface area contributed by atoms with Crippen LogP contribution >= 0.6 is 12.4 Å². The number of anilines is 1. The lowest BCUT2D eigenvalue weighted by Gasteiger charge is -2.33. The van der Waals surface area contributed by atoms with Crippen LogP contribution in [0.3, 0.4) is 0 Å². The molecule has 0 spiro atoms. The molecule has 2 heterocycles. The Morgan fingerprint density at radius 3 is 2.81 bits per heavy atom. The average Bonchev–Trinajstić information content (AvgIpc) is 2.30. The molecule has 1 atom stereocenters. The van der Waals surface area contributed by atoms with E-state index in [-0.39, 0.29) is 12.4 Å². The highest BCUT2D eigenvalue weighted by atomic mass is 35.5. The molecule has 7 heteroatoms. The zero-order valence-corrected chi connectivity index (χ0v) is 9.35. The smallest absolute Gasteiger partial charge is 0.327 e. The van der Waals surface area contributed by atoms with Gasteiger partial charge in [0.25, 0.3) is 0 Å². The maximum Gasteiger partial charge on any atom is 0.327 e. The van der Waals surface area contributed by atoms with Gasteiger partial charge in [0, 0.05) is 32.0 Å². The molecule has 0 amide bonds. The summed E-state index contributed by atoms with van der Waals surface area (Å²) in [5.41, 5.74) is 0. The monoisotopic (exact) mass is 244 g/mol. The Labute approximate surface area is 99.1 Å². The molecule has 1 aromatic rings. The highest BCUT2D eigenvalue weighted by molar-refractivity contribution is 5.85. The first-order chi connectivity index (χ1) is 7.29. The van der Waals surface area contributed by atoms with Gasteiger partial charge < -0.3 is 15.3 Å². The fourth-order valence-corrected chi connectivity index (χ4v) is 1.60. The zero-order valence-electron chi connectivity index (χ0n) is 8.54. The highest BCUT2D eigenvalue weighted by Crippen LogP contribution is 2.11. The lowest BCUT2D eigenvalue weighted by molar-refractivity contribution is -0.138. The lowest BCUT2D eigenvalue weighted by atomic mass is 10.2. The fraction of sp³-hybridized carbons (Fsp3) is 0.444. The summed E-state index contributed by atoms with van der Waals surface area (Å²) >= 11 is 0. The standard InChI is InChI=1S/C9H12N4O2.ClH/c14-8(15)7-6-10-4-5-13(7)9-11-2-1-3-12-9;/h1-3,7,10H,4-6H2,(H,14,15);1H. The summed E-state index contributed by atoms with van der Waals surface area (Å²) < 4.78 is 0. The summed E-state index contributed by atoms with van der Waals surface area (Å²) in [6.45, 7) is 1.79. The van der Waals surface area contributed by atoms with Gasteiger partial charge in [-0.1, -0.05) is 0 Å². The first-order valence-corrected chi connectivity index (χ1v) is 4.76. The van der Waals surface area contributed by atoms with Crippen molar-refractivity contribution in [3.63, 3.8) is 0 Å². The number of carboxylic acids is 1. The lowest BCUT2D eigenvalue weighted by Crippen LogP contribution is -2.55. The molecule has 16 heavy (non-hydrogen) atoms. The summed E-state index contributed by atoms with van der Waals surface area (Å²) in [5.74, 6) is -0.374. The summed E-state index contributed by atoms with van der Waals surface area (Å²) in [4.78, 5) is 20.8. The Morgan fingerprint density at radius 1 is 1.50 bits per heavy atom. The van der Waals surface area contributed by atoms with E-state index in [0.717, 1.165) is 6.54 Å². The molecule has 1 aliphatic rings. The molecular formula is C9H13ClN4O2. The minimum atomic E-state index is -0.852. The molecule has 0 bridgehead atoms. The average molecular weight is 245 g/mol. The largest absolute Gasteiger partial charge is 0.480 e. The first-order valence-electron chi connectivity index (χ1n) is 4.76. The van der Waals surface area contributed by atoms with Gasteiger partial charge in [0.05, 0.1) is 0 Å². The third-order valence-corrected chi connectivity index (χ3v) is 2.34. The highest BCUT2D eigenvalue weighted by Gasteiger charge is 2.29. The Bertz CT molecular complexity index is 349. The second-order valence-corrected chi connectivity index (χ2v) is 3.30. The summed E-state index contributed by atoms with van der Waals surface area (Å²) in [6, 6.07) is 1.13. The van der Waals surface area contributed by atoms with Crippen molar-refractivity contribution in [1.82, 2.24) is 15.3 Å². The van der Waals surface area contributed by atoms with E-state index in [2.05, 4.69) is 15.3 Å². The van der Waals surface area contributed by atoms with E-state index in [1.165, 1.54) is 0 Å². The number of nitrogens with zero attached hydrogens (tertiary/aromatic N) is 3. The number of hydrogen-bond acceptors (Lipinski definition) is 5. The SMILES string of the molecule is Cl.O=C(O)C1CNCCN1c1ncccn1. The van der Waals surface area contributed by atoms with E-state index in [9.17, 15) is 4.79 Å². The quantitative estimate of drug-likeness (QED) is 0.748. The minimum Gasteiger partial charge on any atom is -0.480 e. The van der Waals surface area contributed by atoms with E-state index in [0.29, 0.717) is 19.0 Å². The van der Waals surface area contributed by atoms with Gasteiger partial charge in [0.1, 0.15) is 6.04 Å². The topological polar surface area (TPSA) is 78.4 Å². The summed E-state index contributed by atoms with van der Waals surface area (Å²) in [6.07, 6.45) is 3.23. The number of halogens is 1. The molecule has 1 saturated heterocycles.